The lowest BCUT2D eigenvalue weighted by Crippen LogP contribution is -1.93. The molecule has 0 atom stereocenters. The predicted octanol–water partition coefficient (Wildman–Crippen LogP) is 3.24. The summed E-state index contributed by atoms with van der Waals surface area (Å²) in [6.45, 7) is 1.99. The van der Waals surface area contributed by atoms with E-state index in [1.165, 1.54) is 0 Å². The normalized spacial score (nSPS) is 9.65. The average Bonchev–Trinajstić information content (AvgIpc) is 2.32. The number of nitrogen functional groups attached to an aromatic ring is 1. The van der Waals surface area contributed by atoms with Crippen LogP contribution < -0.4 is 10.5 Å². The van der Waals surface area contributed by atoms with E-state index in [0.717, 1.165) is 5.56 Å². The van der Waals surface area contributed by atoms with Crippen molar-refractivity contribution in [1.82, 2.24) is 0 Å². The van der Waals surface area contributed by atoms with Crippen molar-refractivity contribution >= 4 is 5.69 Å². The Balaban J connectivity index is 2.33. The van der Waals surface area contributed by atoms with Crippen LogP contribution in [0, 0.1) is 18.3 Å². The Labute approximate surface area is 100 Å². The van der Waals surface area contributed by atoms with Crippen molar-refractivity contribution in [3.05, 3.63) is 53.6 Å². The van der Waals surface area contributed by atoms with E-state index in [1.54, 1.807) is 18.2 Å². The molecule has 3 heteroatoms. The molecule has 0 heterocycles. The molecule has 0 spiro atoms. The maximum absolute atomic E-state index is 8.82. The second-order valence-corrected chi connectivity index (χ2v) is 3.78. The Kier molecular flexibility index (Phi) is 2.97. The third-order valence-electron chi connectivity index (χ3n) is 2.36. The van der Waals surface area contributed by atoms with Crippen molar-refractivity contribution in [3.8, 4) is 17.6 Å². The first-order chi connectivity index (χ1) is 8.19. The van der Waals surface area contributed by atoms with Gasteiger partial charge in [0.2, 0.25) is 0 Å². The number of ether oxygens (including phenoxy) is 1. The lowest BCUT2D eigenvalue weighted by Gasteiger charge is -2.09. The fourth-order valence-electron chi connectivity index (χ4n) is 1.50. The van der Waals surface area contributed by atoms with Gasteiger partial charge in [-0.3, -0.25) is 0 Å². The van der Waals surface area contributed by atoms with Crippen LogP contribution >= 0.6 is 0 Å². The van der Waals surface area contributed by atoms with Crippen LogP contribution in [-0.2, 0) is 0 Å². The van der Waals surface area contributed by atoms with Crippen molar-refractivity contribution in [3.63, 3.8) is 0 Å². The third kappa shape index (κ3) is 2.56. The van der Waals surface area contributed by atoms with E-state index in [2.05, 4.69) is 6.07 Å². The van der Waals surface area contributed by atoms with E-state index in [0.29, 0.717) is 22.7 Å². The zero-order valence-electron chi connectivity index (χ0n) is 9.47. The van der Waals surface area contributed by atoms with Gasteiger partial charge in [-0.2, -0.15) is 5.26 Å². The van der Waals surface area contributed by atoms with Crippen molar-refractivity contribution in [2.24, 2.45) is 0 Å². The second kappa shape index (κ2) is 4.58. The fraction of sp³-hybridized carbons (Fsp3) is 0.0714. The molecule has 0 radical (unpaired) electrons. The van der Waals surface area contributed by atoms with Crippen LogP contribution in [0.1, 0.15) is 11.1 Å². The minimum Gasteiger partial charge on any atom is -0.455 e. The van der Waals surface area contributed by atoms with Gasteiger partial charge in [-0.15, -0.1) is 0 Å². The molecular weight excluding hydrogens is 212 g/mol. The minimum atomic E-state index is 0.509. The largest absolute Gasteiger partial charge is 0.455 e. The van der Waals surface area contributed by atoms with Crippen molar-refractivity contribution in [1.29, 1.82) is 5.26 Å². The van der Waals surface area contributed by atoms with Crippen LogP contribution in [-0.4, -0.2) is 0 Å². The second-order valence-electron chi connectivity index (χ2n) is 3.78. The zero-order chi connectivity index (χ0) is 12.3. The van der Waals surface area contributed by atoms with Crippen LogP contribution in [0.15, 0.2) is 42.5 Å². The first-order valence-corrected chi connectivity index (χ1v) is 5.23. The van der Waals surface area contributed by atoms with Gasteiger partial charge in [0.25, 0.3) is 0 Å². The molecule has 2 aromatic carbocycles. The minimum absolute atomic E-state index is 0.509. The molecule has 0 fully saturated rings. The van der Waals surface area contributed by atoms with Crippen molar-refractivity contribution in [2.45, 2.75) is 6.92 Å². The lowest BCUT2D eigenvalue weighted by molar-refractivity contribution is 0.484. The molecule has 0 saturated carbocycles. The number of nitrogens with two attached hydrogens (primary N) is 1. The molecular formula is C14H12N2O. The molecule has 0 aliphatic rings. The Hall–Kier alpha value is -2.47. The molecule has 0 amide bonds. The summed E-state index contributed by atoms with van der Waals surface area (Å²) in [5.74, 6) is 1.22. The van der Waals surface area contributed by atoms with Gasteiger partial charge in [-0.25, -0.2) is 0 Å². The Bertz CT molecular complexity index is 585. The summed E-state index contributed by atoms with van der Waals surface area (Å²) >= 11 is 0. The number of hydrogen-bond acceptors (Lipinski definition) is 3. The van der Waals surface area contributed by atoms with Crippen molar-refractivity contribution < 1.29 is 4.74 Å². The average molecular weight is 224 g/mol. The van der Waals surface area contributed by atoms with E-state index < -0.39 is 0 Å². The van der Waals surface area contributed by atoms with Gasteiger partial charge < -0.3 is 10.5 Å². The van der Waals surface area contributed by atoms with Gasteiger partial charge in [-0.1, -0.05) is 12.1 Å². The first-order valence-electron chi connectivity index (χ1n) is 5.23. The van der Waals surface area contributed by atoms with E-state index in [1.807, 2.05) is 31.2 Å². The molecule has 0 aliphatic carbocycles. The highest BCUT2D eigenvalue weighted by molar-refractivity contribution is 5.57. The zero-order valence-corrected chi connectivity index (χ0v) is 9.47. The summed E-state index contributed by atoms with van der Waals surface area (Å²) < 4.78 is 5.66. The molecule has 0 bridgehead atoms. The summed E-state index contributed by atoms with van der Waals surface area (Å²) in [5, 5.41) is 8.82. The topological polar surface area (TPSA) is 59.0 Å². The highest BCUT2D eigenvalue weighted by Gasteiger charge is 2.03. The molecule has 0 aliphatic heterocycles. The number of hydrogen-bond donors (Lipinski definition) is 1. The highest BCUT2D eigenvalue weighted by Crippen LogP contribution is 2.28. The SMILES string of the molecule is Cc1cccc(Oc2cc(C#N)ccc2N)c1. The number of benzene rings is 2. The number of nitriles is 1. The maximum Gasteiger partial charge on any atom is 0.151 e. The van der Waals surface area contributed by atoms with Gasteiger partial charge in [0.05, 0.1) is 17.3 Å². The Morgan fingerprint density at radius 1 is 1.18 bits per heavy atom. The molecule has 3 nitrogen and oxygen atoms in total. The Morgan fingerprint density at radius 2 is 2.00 bits per heavy atom. The van der Waals surface area contributed by atoms with Crippen LogP contribution in [0.5, 0.6) is 11.5 Å². The quantitative estimate of drug-likeness (QED) is 0.796. The highest BCUT2D eigenvalue weighted by atomic mass is 16.5. The molecule has 17 heavy (non-hydrogen) atoms. The number of rotatable bonds is 2. The van der Waals surface area contributed by atoms with Crippen molar-refractivity contribution in [2.75, 3.05) is 5.73 Å². The summed E-state index contributed by atoms with van der Waals surface area (Å²) in [6, 6.07) is 14.7. The third-order valence-corrected chi connectivity index (χ3v) is 2.36. The molecule has 2 rings (SSSR count). The van der Waals surface area contributed by atoms with Gasteiger partial charge in [0.1, 0.15) is 5.75 Å². The van der Waals surface area contributed by atoms with Gasteiger partial charge in [-0.05, 0) is 36.8 Å². The number of aryl methyl sites for hydroxylation is 1. The first kappa shape index (κ1) is 11.0. The Morgan fingerprint density at radius 3 is 2.71 bits per heavy atom. The summed E-state index contributed by atoms with van der Waals surface area (Å²) in [4.78, 5) is 0. The van der Waals surface area contributed by atoms with Crippen LogP contribution in [0.4, 0.5) is 5.69 Å². The van der Waals surface area contributed by atoms with Crippen LogP contribution in [0.3, 0.4) is 0 Å². The van der Waals surface area contributed by atoms with Gasteiger partial charge in [0, 0.05) is 6.07 Å². The fourth-order valence-corrected chi connectivity index (χ4v) is 1.50. The standard InChI is InChI=1S/C14H12N2O/c1-10-3-2-4-12(7-10)17-14-8-11(9-15)5-6-13(14)16/h2-8H,16H2,1H3. The van der Waals surface area contributed by atoms with E-state index >= 15 is 0 Å². The maximum atomic E-state index is 8.82. The lowest BCUT2D eigenvalue weighted by atomic mass is 10.2. The molecule has 0 unspecified atom stereocenters. The molecule has 0 aromatic heterocycles. The van der Waals surface area contributed by atoms with Gasteiger partial charge >= 0.3 is 0 Å². The summed E-state index contributed by atoms with van der Waals surface area (Å²) in [7, 11) is 0. The molecule has 0 saturated heterocycles. The predicted molar refractivity (Wildman–Crippen MR) is 66.8 cm³/mol. The summed E-state index contributed by atoms with van der Waals surface area (Å²) in [5.41, 5.74) is 7.95. The van der Waals surface area contributed by atoms with Gasteiger partial charge in [0.15, 0.2) is 5.75 Å². The number of nitrogens with zero attached hydrogens (tertiary/aromatic N) is 1. The molecule has 2 N–H and O–H groups in total. The molecule has 2 aromatic rings. The summed E-state index contributed by atoms with van der Waals surface area (Å²) in [6.07, 6.45) is 0. The van der Waals surface area contributed by atoms with Crippen LogP contribution in [0.2, 0.25) is 0 Å². The molecule has 84 valence electrons. The van der Waals surface area contributed by atoms with E-state index in [-0.39, 0.29) is 0 Å². The smallest absolute Gasteiger partial charge is 0.151 e. The monoisotopic (exact) mass is 224 g/mol. The van der Waals surface area contributed by atoms with E-state index in [4.69, 9.17) is 15.7 Å². The van der Waals surface area contributed by atoms with E-state index in [9.17, 15) is 0 Å². The van der Waals surface area contributed by atoms with Crippen LogP contribution in [0.25, 0.3) is 0 Å². The number of anilines is 1.